The highest BCUT2D eigenvalue weighted by Gasteiger charge is 2.31. The van der Waals surface area contributed by atoms with Gasteiger partial charge >= 0.3 is 0 Å². The van der Waals surface area contributed by atoms with Gasteiger partial charge in [-0.25, -0.2) is 0 Å². The molecule has 1 saturated heterocycles. The minimum absolute atomic E-state index is 0.303. The maximum absolute atomic E-state index is 12.1. The van der Waals surface area contributed by atoms with Crippen molar-refractivity contribution in [1.82, 2.24) is 4.90 Å². The third-order valence-corrected chi connectivity index (χ3v) is 7.75. The first kappa shape index (κ1) is 21.1. The summed E-state index contributed by atoms with van der Waals surface area (Å²) in [6, 6.07) is 10.6. The molecule has 0 bridgehead atoms. The molecule has 4 nitrogen and oxygen atoms in total. The van der Waals surface area contributed by atoms with E-state index in [0.717, 1.165) is 64.2 Å². The third-order valence-electron chi connectivity index (χ3n) is 6.95. The summed E-state index contributed by atoms with van der Waals surface area (Å²) in [6.45, 7) is 6.13. The van der Waals surface area contributed by atoms with E-state index in [1.165, 1.54) is 35.2 Å². The standard InChI is InChI=1S/C25H29Cl2N3O/c26-21-5-3-6-22(24(21)27)29-14-12-28(13-15-29)10-2-1-4-18-16-19-7-8-23(31)30-11-9-20(17-18)25(19)30/h3,5-6,16-17H,1-2,4,7-15H2. The van der Waals surface area contributed by atoms with Gasteiger partial charge in [-0.2, -0.15) is 0 Å². The number of amides is 1. The number of halogens is 2. The van der Waals surface area contributed by atoms with Crippen molar-refractivity contribution in [2.45, 2.75) is 38.5 Å². The predicted molar refractivity (Wildman–Crippen MR) is 129 cm³/mol. The van der Waals surface area contributed by atoms with Crippen LogP contribution in [0.15, 0.2) is 30.3 Å². The highest BCUT2D eigenvalue weighted by Crippen LogP contribution is 2.38. The Balaban J connectivity index is 1.09. The zero-order valence-corrected chi connectivity index (χ0v) is 19.4. The van der Waals surface area contributed by atoms with Gasteiger partial charge in [0.25, 0.3) is 0 Å². The molecule has 6 heteroatoms. The zero-order valence-electron chi connectivity index (χ0n) is 17.9. The Kier molecular flexibility index (Phi) is 6.14. The number of carbonyl (C=O) groups excluding carboxylic acids is 1. The second-order valence-corrected chi connectivity index (χ2v) is 9.70. The smallest absolute Gasteiger partial charge is 0.227 e. The molecule has 31 heavy (non-hydrogen) atoms. The summed E-state index contributed by atoms with van der Waals surface area (Å²) in [5.41, 5.74) is 6.51. The number of anilines is 2. The Hall–Kier alpha value is -1.75. The molecule has 2 aromatic rings. The highest BCUT2D eigenvalue weighted by atomic mass is 35.5. The molecule has 164 valence electrons. The van der Waals surface area contributed by atoms with Crippen molar-refractivity contribution >= 4 is 40.5 Å². The van der Waals surface area contributed by atoms with Crippen LogP contribution < -0.4 is 9.80 Å². The molecule has 2 aromatic carbocycles. The summed E-state index contributed by atoms with van der Waals surface area (Å²) in [4.78, 5) is 19.0. The van der Waals surface area contributed by atoms with E-state index in [1.807, 2.05) is 17.0 Å². The zero-order chi connectivity index (χ0) is 21.4. The molecule has 3 aliphatic rings. The fourth-order valence-corrected chi connectivity index (χ4v) is 5.70. The van der Waals surface area contributed by atoms with Crippen molar-refractivity contribution < 1.29 is 4.79 Å². The summed E-state index contributed by atoms with van der Waals surface area (Å²) < 4.78 is 0. The van der Waals surface area contributed by atoms with Crippen LogP contribution in [0, 0.1) is 0 Å². The van der Waals surface area contributed by atoms with E-state index < -0.39 is 0 Å². The fraction of sp³-hybridized carbons (Fsp3) is 0.480. The summed E-state index contributed by atoms with van der Waals surface area (Å²) in [7, 11) is 0. The molecule has 0 unspecified atom stereocenters. The summed E-state index contributed by atoms with van der Waals surface area (Å²) >= 11 is 12.6. The van der Waals surface area contributed by atoms with Crippen molar-refractivity contribution in [3.05, 3.63) is 57.1 Å². The molecule has 5 rings (SSSR count). The molecule has 1 fully saturated rings. The normalized spacial score (nSPS) is 18.6. The third kappa shape index (κ3) is 4.30. The molecule has 0 radical (unpaired) electrons. The van der Waals surface area contributed by atoms with Crippen LogP contribution in [0.25, 0.3) is 0 Å². The Bertz CT molecular complexity index is 985. The number of unbranched alkanes of at least 4 members (excludes halogenated alkanes) is 1. The van der Waals surface area contributed by atoms with Crippen LogP contribution in [-0.4, -0.2) is 50.1 Å². The maximum Gasteiger partial charge on any atom is 0.227 e. The van der Waals surface area contributed by atoms with Gasteiger partial charge < -0.3 is 9.80 Å². The van der Waals surface area contributed by atoms with Crippen LogP contribution in [0.5, 0.6) is 0 Å². The largest absolute Gasteiger partial charge is 0.368 e. The quantitative estimate of drug-likeness (QED) is 0.572. The number of nitrogens with zero attached hydrogens (tertiary/aromatic N) is 3. The monoisotopic (exact) mass is 457 g/mol. The first-order valence-corrected chi connectivity index (χ1v) is 12.2. The molecule has 0 aliphatic carbocycles. The van der Waals surface area contributed by atoms with Crippen molar-refractivity contribution in [2.75, 3.05) is 49.1 Å². The first-order chi connectivity index (χ1) is 15.1. The van der Waals surface area contributed by atoms with Crippen molar-refractivity contribution in [3.8, 4) is 0 Å². The summed E-state index contributed by atoms with van der Waals surface area (Å²) in [5, 5.41) is 1.29. The predicted octanol–water partition coefficient (Wildman–Crippen LogP) is 4.97. The van der Waals surface area contributed by atoms with Crippen molar-refractivity contribution in [3.63, 3.8) is 0 Å². The number of piperazine rings is 1. The molecule has 1 amide bonds. The summed E-state index contributed by atoms with van der Waals surface area (Å²) in [5.74, 6) is 0.303. The lowest BCUT2D eigenvalue weighted by atomic mass is 9.95. The van der Waals surface area contributed by atoms with Gasteiger partial charge in [0.2, 0.25) is 5.91 Å². The van der Waals surface area contributed by atoms with Gasteiger partial charge in [0, 0.05) is 39.1 Å². The van der Waals surface area contributed by atoms with Crippen LogP contribution in [-0.2, 0) is 24.1 Å². The average molecular weight is 458 g/mol. The minimum Gasteiger partial charge on any atom is -0.368 e. The van der Waals surface area contributed by atoms with Gasteiger partial charge in [0.15, 0.2) is 0 Å². The Morgan fingerprint density at radius 3 is 2.45 bits per heavy atom. The van der Waals surface area contributed by atoms with Gasteiger partial charge in [-0.15, -0.1) is 0 Å². The molecular weight excluding hydrogens is 429 g/mol. The Morgan fingerprint density at radius 1 is 0.871 bits per heavy atom. The highest BCUT2D eigenvalue weighted by molar-refractivity contribution is 6.43. The first-order valence-electron chi connectivity index (χ1n) is 11.5. The lowest BCUT2D eigenvalue weighted by Crippen LogP contribution is -2.46. The average Bonchev–Trinajstić information content (AvgIpc) is 3.22. The number of aryl methyl sites for hydroxylation is 2. The van der Waals surface area contributed by atoms with Gasteiger partial charge in [-0.1, -0.05) is 41.4 Å². The van der Waals surface area contributed by atoms with E-state index in [0.29, 0.717) is 22.4 Å². The number of rotatable bonds is 6. The Morgan fingerprint density at radius 2 is 1.65 bits per heavy atom. The van der Waals surface area contributed by atoms with Crippen molar-refractivity contribution in [1.29, 1.82) is 0 Å². The number of benzene rings is 2. The van der Waals surface area contributed by atoms with Crippen LogP contribution >= 0.6 is 23.2 Å². The minimum atomic E-state index is 0.303. The molecule has 0 saturated carbocycles. The van der Waals surface area contributed by atoms with E-state index in [4.69, 9.17) is 23.2 Å². The second-order valence-electron chi connectivity index (χ2n) is 8.92. The topological polar surface area (TPSA) is 26.8 Å². The molecule has 3 aliphatic heterocycles. The van der Waals surface area contributed by atoms with Crippen LogP contribution in [0.1, 0.15) is 36.0 Å². The Labute approximate surface area is 194 Å². The number of hydrogen-bond donors (Lipinski definition) is 0. The number of hydrogen-bond acceptors (Lipinski definition) is 3. The lowest BCUT2D eigenvalue weighted by molar-refractivity contribution is -0.118. The molecule has 0 aromatic heterocycles. The van der Waals surface area contributed by atoms with Gasteiger partial charge in [-0.3, -0.25) is 9.69 Å². The van der Waals surface area contributed by atoms with Crippen LogP contribution in [0.2, 0.25) is 10.0 Å². The molecular formula is C25H29Cl2N3O. The molecule has 0 atom stereocenters. The van der Waals surface area contributed by atoms with E-state index >= 15 is 0 Å². The van der Waals surface area contributed by atoms with Crippen molar-refractivity contribution in [2.24, 2.45) is 0 Å². The van der Waals surface area contributed by atoms with Crippen LogP contribution in [0.4, 0.5) is 11.4 Å². The van der Waals surface area contributed by atoms with Gasteiger partial charge in [0.05, 0.1) is 21.4 Å². The summed E-state index contributed by atoms with van der Waals surface area (Å²) in [6.07, 6.45) is 6.15. The van der Waals surface area contributed by atoms with E-state index in [-0.39, 0.29) is 0 Å². The van der Waals surface area contributed by atoms with Gasteiger partial charge in [-0.05, 0) is 67.5 Å². The van der Waals surface area contributed by atoms with Crippen LogP contribution in [0.3, 0.4) is 0 Å². The SMILES string of the molecule is O=C1CCc2cc(CCCCN3CCN(c4cccc(Cl)c4Cl)CC3)cc3c2N1CC3. The lowest BCUT2D eigenvalue weighted by Gasteiger charge is -2.36. The molecule has 3 heterocycles. The van der Waals surface area contributed by atoms with E-state index in [9.17, 15) is 4.79 Å². The molecule has 0 spiro atoms. The van der Waals surface area contributed by atoms with E-state index in [1.54, 1.807) is 0 Å². The fourth-order valence-electron chi connectivity index (χ4n) is 5.29. The van der Waals surface area contributed by atoms with E-state index in [2.05, 4.69) is 28.0 Å². The number of carbonyl (C=O) groups is 1. The maximum atomic E-state index is 12.1. The second kappa shape index (κ2) is 9.01. The molecule has 0 N–H and O–H groups in total. The van der Waals surface area contributed by atoms with Gasteiger partial charge in [0.1, 0.15) is 0 Å².